The molecule has 1 saturated carbocycles. The van der Waals surface area contributed by atoms with E-state index < -0.39 is 0 Å². The molecule has 1 amide bonds. The Morgan fingerprint density at radius 2 is 1.84 bits per heavy atom. The lowest BCUT2D eigenvalue weighted by Gasteiger charge is -2.22. The fourth-order valence-corrected chi connectivity index (χ4v) is 4.63. The number of nitrogens with one attached hydrogen (secondary N) is 1. The highest BCUT2D eigenvalue weighted by Crippen LogP contribution is 2.47. The maximum atomic E-state index is 13.5. The van der Waals surface area contributed by atoms with Crippen molar-refractivity contribution in [3.63, 3.8) is 0 Å². The van der Waals surface area contributed by atoms with Gasteiger partial charge >= 0.3 is 0 Å². The molecule has 0 aromatic heterocycles. The van der Waals surface area contributed by atoms with Gasteiger partial charge in [-0.05, 0) is 91.2 Å². The Morgan fingerprint density at radius 1 is 1.00 bits per heavy atom. The molecule has 0 saturated heterocycles. The van der Waals surface area contributed by atoms with E-state index in [9.17, 15) is 9.18 Å². The number of carbonyl (C=O) groups is 1. The van der Waals surface area contributed by atoms with Gasteiger partial charge in [0.15, 0.2) is 0 Å². The maximum Gasteiger partial charge on any atom is 0.251 e. The molecule has 3 nitrogen and oxygen atoms in total. The molecule has 0 aliphatic heterocycles. The van der Waals surface area contributed by atoms with Crippen LogP contribution in [0.4, 0.5) is 4.39 Å². The van der Waals surface area contributed by atoms with Gasteiger partial charge in [-0.25, -0.2) is 4.39 Å². The molecule has 0 bridgehead atoms. The number of carbonyl (C=O) groups excluding carboxylic acids is 1. The lowest BCUT2D eigenvalue weighted by atomic mass is 10.1. The first kappa shape index (κ1) is 22.5. The van der Waals surface area contributed by atoms with Gasteiger partial charge in [0.1, 0.15) is 5.82 Å². The second-order valence-corrected chi connectivity index (χ2v) is 8.98. The Morgan fingerprint density at radius 3 is 2.66 bits per heavy atom. The van der Waals surface area contributed by atoms with Gasteiger partial charge in [0, 0.05) is 18.7 Å². The fourth-order valence-electron chi connectivity index (χ4n) is 4.63. The van der Waals surface area contributed by atoms with Gasteiger partial charge in [0.25, 0.3) is 5.91 Å². The van der Waals surface area contributed by atoms with Gasteiger partial charge in [-0.3, -0.25) is 4.79 Å². The molecule has 1 aliphatic carbocycles. The molecule has 3 aromatic rings. The van der Waals surface area contributed by atoms with E-state index in [0.717, 1.165) is 61.7 Å². The minimum Gasteiger partial charge on any atom is -0.352 e. The average Bonchev–Trinajstić information content (AvgIpc) is 3.57. The molecular formula is C28H33FN2O. The summed E-state index contributed by atoms with van der Waals surface area (Å²) in [5.74, 6) is 1.00. The van der Waals surface area contributed by atoms with Crippen molar-refractivity contribution in [2.24, 2.45) is 5.92 Å². The number of halogens is 1. The fraction of sp³-hybridized carbons (Fsp3) is 0.393. The summed E-state index contributed by atoms with van der Waals surface area (Å²) in [7, 11) is 0. The number of fused-ring (bicyclic) bond motifs is 1. The first-order chi connectivity index (χ1) is 15.6. The normalized spacial score (nSPS) is 17.6. The van der Waals surface area contributed by atoms with E-state index in [-0.39, 0.29) is 11.7 Å². The van der Waals surface area contributed by atoms with Crippen molar-refractivity contribution >= 4 is 16.7 Å². The zero-order valence-electron chi connectivity index (χ0n) is 18.9. The highest BCUT2D eigenvalue weighted by molar-refractivity contribution is 5.98. The Balaban J connectivity index is 1.18. The van der Waals surface area contributed by atoms with E-state index in [1.54, 1.807) is 6.07 Å². The van der Waals surface area contributed by atoms with Crippen LogP contribution in [-0.4, -0.2) is 37.0 Å². The topological polar surface area (TPSA) is 32.3 Å². The van der Waals surface area contributed by atoms with Crippen LogP contribution in [0.3, 0.4) is 0 Å². The van der Waals surface area contributed by atoms with Crippen LogP contribution < -0.4 is 5.32 Å². The molecule has 2 unspecified atom stereocenters. The lowest BCUT2D eigenvalue weighted by molar-refractivity contribution is 0.0952. The van der Waals surface area contributed by atoms with Gasteiger partial charge in [0.05, 0.1) is 0 Å². The summed E-state index contributed by atoms with van der Waals surface area (Å²) in [6.45, 7) is 6.13. The van der Waals surface area contributed by atoms with Crippen molar-refractivity contribution in [2.75, 3.05) is 26.2 Å². The number of benzene rings is 3. The Kier molecular flexibility index (Phi) is 7.54. The number of hydrogen-bond acceptors (Lipinski definition) is 2. The van der Waals surface area contributed by atoms with Crippen LogP contribution in [-0.2, 0) is 0 Å². The van der Waals surface area contributed by atoms with Gasteiger partial charge in [-0.15, -0.1) is 0 Å². The van der Waals surface area contributed by atoms with E-state index in [1.165, 1.54) is 6.07 Å². The summed E-state index contributed by atoms with van der Waals surface area (Å²) < 4.78 is 13.5. The molecule has 4 heteroatoms. The molecular weight excluding hydrogens is 399 g/mol. The number of amides is 1. The molecule has 1 N–H and O–H groups in total. The molecule has 0 heterocycles. The van der Waals surface area contributed by atoms with Crippen LogP contribution in [0.5, 0.6) is 0 Å². The van der Waals surface area contributed by atoms with Crippen LogP contribution in [0.25, 0.3) is 10.8 Å². The first-order valence-corrected chi connectivity index (χ1v) is 11.9. The molecule has 32 heavy (non-hydrogen) atoms. The molecule has 1 aliphatic rings. The second kappa shape index (κ2) is 10.7. The number of nitrogens with zero attached hydrogens (tertiary/aromatic N) is 1. The number of rotatable bonds is 11. The highest BCUT2D eigenvalue weighted by atomic mass is 19.1. The molecule has 4 rings (SSSR count). The van der Waals surface area contributed by atoms with Crippen LogP contribution in [0.2, 0.25) is 0 Å². The minimum absolute atomic E-state index is 0.00270. The zero-order chi connectivity index (χ0) is 22.3. The van der Waals surface area contributed by atoms with Gasteiger partial charge < -0.3 is 10.2 Å². The van der Waals surface area contributed by atoms with Crippen molar-refractivity contribution in [3.8, 4) is 0 Å². The summed E-state index contributed by atoms with van der Waals surface area (Å²) in [5, 5.41) is 5.30. The van der Waals surface area contributed by atoms with E-state index in [4.69, 9.17) is 0 Å². The summed E-state index contributed by atoms with van der Waals surface area (Å²) in [6.07, 6.45) is 4.33. The van der Waals surface area contributed by atoms with Crippen LogP contribution in [0.15, 0.2) is 66.7 Å². The van der Waals surface area contributed by atoms with E-state index >= 15 is 0 Å². The van der Waals surface area contributed by atoms with Crippen molar-refractivity contribution in [1.29, 1.82) is 0 Å². The molecule has 168 valence electrons. The molecule has 1 fully saturated rings. The summed E-state index contributed by atoms with van der Waals surface area (Å²) in [5.41, 5.74) is 1.86. The SMILES string of the molecule is CCCN(CCCCNC(=O)c1ccc2ccccc2c1)CC1CC1c1cccc(F)c1. The van der Waals surface area contributed by atoms with E-state index in [0.29, 0.717) is 23.9 Å². The van der Waals surface area contributed by atoms with E-state index in [2.05, 4.69) is 29.3 Å². The number of hydrogen-bond donors (Lipinski definition) is 1. The lowest BCUT2D eigenvalue weighted by Crippen LogP contribution is -2.29. The van der Waals surface area contributed by atoms with Crippen molar-refractivity contribution < 1.29 is 9.18 Å². The van der Waals surface area contributed by atoms with Gasteiger partial charge in [0.2, 0.25) is 0 Å². The Bertz CT molecular complexity index is 1050. The largest absolute Gasteiger partial charge is 0.352 e. The monoisotopic (exact) mass is 432 g/mol. The molecule has 2 atom stereocenters. The van der Waals surface area contributed by atoms with Crippen LogP contribution in [0, 0.1) is 11.7 Å². The Hall–Kier alpha value is -2.72. The zero-order valence-corrected chi connectivity index (χ0v) is 18.9. The Labute approximate surface area is 190 Å². The summed E-state index contributed by atoms with van der Waals surface area (Å²) in [4.78, 5) is 15.0. The first-order valence-electron chi connectivity index (χ1n) is 11.9. The van der Waals surface area contributed by atoms with E-state index in [1.807, 2.05) is 42.5 Å². The third kappa shape index (κ3) is 5.95. The quantitative estimate of drug-likeness (QED) is 0.377. The maximum absolute atomic E-state index is 13.5. The van der Waals surface area contributed by atoms with Crippen LogP contribution in [0.1, 0.15) is 54.4 Å². The standard InChI is InChI=1S/C28H33FN2O/c1-2-15-31(20-25-19-27(25)23-10-7-11-26(29)18-23)16-6-5-14-30-28(32)24-13-12-21-8-3-4-9-22(21)17-24/h3-4,7-13,17-18,25,27H,2,5-6,14-16,19-20H2,1H3,(H,30,32). The van der Waals surface area contributed by atoms with Gasteiger partial charge in [-0.2, -0.15) is 0 Å². The number of unbranched alkanes of at least 4 members (excludes halogenated alkanes) is 1. The second-order valence-electron chi connectivity index (χ2n) is 8.98. The molecule has 0 spiro atoms. The van der Waals surface area contributed by atoms with Crippen molar-refractivity contribution in [3.05, 3.63) is 83.7 Å². The highest BCUT2D eigenvalue weighted by Gasteiger charge is 2.39. The predicted molar refractivity (Wildman–Crippen MR) is 129 cm³/mol. The third-order valence-corrected chi connectivity index (χ3v) is 6.43. The summed E-state index contributed by atoms with van der Waals surface area (Å²) >= 11 is 0. The van der Waals surface area contributed by atoms with Gasteiger partial charge in [-0.1, -0.05) is 49.4 Å². The summed E-state index contributed by atoms with van der Waals surface area (Å²) in [6, 6.07) is 21.0. The minimum atomic E-state index is -0.135. The molecule has 3 aromatic carbocycles. The van der Waals surface area contributed by atoms with Crippen molar-refractivity contribution in [2.45, 2.75) is 38.5 Å². The predicted octanol–water partition coefficient (Wildman–Crippen LogP) is 6.00. The smallest absolute Gasteiger partial charge is 0.251 e. The third-order valence-electron chi connectivity index (χ3n) is 6.43. The average molecular weight is 433 g/mol. The van der Waals surface area contributed by atoms with Crippen molar-refractivity contribution in [1.82, 2.24) is 10.2 Å². The molecule has 0 radical (unpaired) electrons. The van der Waals surface area contributed by atoms with Crippen LogP contribution >= 0.6 is 0 Å².